The van der Waals surface area contributed by atoms with E-state index in [1.165, 1.54) is 19.3 Å². The lowest BCUT2D eigenvalue weighted by Crippen LogP contribution is -2.53. The van der Waals surface area contributed by atoms with E-state index >= 15 is 0 Å². The summed E-state index contributed by atoms with van der Waals surface area (Å²) >= 11 is 0. The molecule has 2 aliphatic rings. The van der Waals surface area contributed by atoms with Crippen LogP contribution in [0.5, 0.6) is 0 Å². The number of fused-ring (bicyclic) bond motifs is 2. The van der Waals surface area contributed by atoms with Crippen LogP contribution >= 0.6 is 0 Å². The summed E-state index contributed by atoms with van der Waals surface area (Å²) in [5.41, 5.74) is 6.84. The second kappa shape index (κ2) is 5.26. The lowest BCUT2D eigenvalue weighted by atomic mass is 9.68. The van der Waals surface area contributed by atoms with Gasteiger partial charge >= 0.3 is 0 Å². The zero-order valence-corrected chi connectivity index (χ0v) is 14.8. The van der Waals surface area contributed by atoms with E-state index in [4.69, 9.17) is 5.73 Å². The predicted molar refractivity (Wildman–Crippen MR) is 87.8 cm³/mol. The predicted octanol–water partition coefficient (Wildman–Crippen LogP) is 3.47. The van der Waals surface area contributed by atoms with Crippen molar-refractivity contribution in [2.45, 2.75) is 85.7 Å². The molecule has 3 heteroatoms. The van der Waals surface area contributed by atoms with Crippen LogP contribution in [0.15, 0.2) is 0 Å². The lowest BCUT2D eigenvalue weighted by molar-refractivity contribution is -0.124. The average molecular weight is 294 g/mol. The highest BCUT2D eigenvalue weighted by molar-refractivity contribution is 5.77. The van der Waals surface area contributed by atoms with Crippen LogP contribution in [0, 0.1) is 22.2 Å². The van der Waals surface area contributed by atoms with Gasteiger partial charge < -0.3 is 11.1 Å². The largest absolute Gasteiger partial charge is 0.352 e. The molecule has 0 aromatic rings. The van der Waals surface area contributed by atoms with Crippen molar-refractivity contribution in [2.24, 2.45) is 27.9 Å². The second-order valence-corrected chi connectivity index (χ2v) is 9.64. The number of hydrogen-bond donors (Lipinski definition) is 2. The summed E-state index contributed by atoms with van der Waals surface area (Å²) < 4.78 is 0. The van der Waals surface area contributed by atoms with E-state index in [0.717, 1.165) is 12.3 Å². The zero-order valence-electron chi connectivity index (χ0n) is 14.8. The van der Waals surface area contributed by atoms with Crippen LogP contribution in [0.3, 0.4) is 0 Å². The maximum atomic E-state index is 12.4. The number of carbonyl (C=O) groups is 1. The minimum absolute atomic E-state index is 0.0421. The quantitative estimate of drug-likeness (QED) is 0.834. The van der Waals surface area contributed by atoms with Crippen LogP contribution in [0.4, 0.5) is 0 Å². The SMILES string of the molecule is CC(C)(C)CC(N)CC(=O)NC1C2(C)CCC(C2)C1(C)C. The number of rotatable bonds is 4. The van der Waals surface area contributed by atoms with Crippen molar-refractivity contribution in [1.82, 2.24) is 5.32 Å². The lowest BCUT2D eigenvalue weighted by Gasteiger charge is -2.43. The van der Waals surface area contributed by atoms with Crippen molar-refractivity contribution in [2.75, 3.05) is 0 Å². The van der Waals surface area contributed by atoms with Gasteiger partial charge in [-0.2, -0.15) is 0 Å². The van der Waals surface area contributed by atoms with Crippen molar-refractivity contribution in [1.29, 1.82) is 0 Å². The van der Waals surface area contributed by atoms with Gasteiger partial charge in [0, 0.05) is 18.5 Å². The molecule has 3 nitrogen and oxygen atoms in total. The summed E-state index contributed by atoms with van der Waals surface area (Å²) in [5, 5.41) is 3.34. The summed E-state index contributed by atoms with van der Waals surface area (Å²) in [5.74, 6) is 0.898. The molecular formula is C18H34N2O. The maximum Gasteiger partial charge on any atom is 0.221 e. The average Bonchev–Trinajstić information content (AvgIpc) is 2.73. The fourth-order valence-corrected chi connectivity index (χ4v) is 4.98. The molecule has 122 valence electrons. The highest BCUT2D eigenvalue weighted by Crippen LogP contribution is 2.62. The van der Waals surface area contributed by atoms with Crippen molar-refractivity contribution in [3.8, 4) is 0 Å². The molecule has 2 aliphatic carbocycles. The molecule has 0 radical (unpaired) electrons. The highest BCUT2D eigenvalue weighted by Gasteiger charge is 2.59. The number of carbonyl (C=O) groups excluding carboxylic acids is 1. The molecule has 0 spiro atoms. The summed E-state index contributed by atoms with van der Waals surface area (Å²) in [6.07, 6.45) is 5.16. The summed E-state index contributed by atoms with van der Waals surface area (Å²) in [7, 11) is 0. The van der Waals surface area contributed by atoms with Gasteiger partial charge in [-0.15, -0.1) is 0 Å². The first kappa shape index (κ1) is 16.8. The summed E-state index contributed by atoms with van der Waals surface area (Å²) in [4.78, 5) is 12.4. The fourth-order valence-electron chi connectivity index (χ4n) is 4.98. The zero-order chi connectivity index (χ0) is 16.1. The van der Waals surface area contributed by atoms with Gasteiger partial charge in [-0.25, -0.2) is 0 Å². The Labute approximate surface area is 130 Å². The van der Waals surface area contributed by atoms with Gasteiger partial charge in [0.15, 0.2) is 0 Å². The molecule has 21 heavy (non-hydrogen) atoms. The molecule has 2 fully saturated rings. The van der Waals surface area contributed by atoms with Gasteiger partial charge in [0.05, 0.1) is 0 Å². The minimum atomic E-state index is -0.0421. The first-order valence-corrected chi connectivity index (χ1v) is 8.49. The van der Waals surface area contributed by atoms with Gasteiger partial charge in [-0.1, -0.05) is 41.5 Å². The van der Waals surface area contributed by atoms with Crippen molar-refractivity contribution < 1.29 is 4.79 Å². The molecule has 4 atom stereocenters. The Hall–Kier alpha value is -0.570. The maximum absolute atomic E-state index is 12.4. The Morgan fingerprint density at radius 3 is 2.43 bits per heavy atom. The smallest absolute Gasteiger partial charge is 0.221 e. The van der Waals surface area contributed by atoms with E-state index < -0.39 is 0 Å². The third-order valence-electron chi connectivity index (χ3n) is 5.90. The van der Waals surface area contributed by atoms with Crippen LogP contribution in [0.1, 0.15) is 73.6 Å². The van der Waals surface area contributed by atoms with Crippen LogP contribution in [-0.2, 0) is 4.79 Å². The van der Waals surface area contributed by atoms with Gasteiger partial charge in [0.1, 0.15) is 0 Å². The van der Waals surface area contributed by atoms with Gasteiger partial charge in [-0.3, -0.25) is 4.79 Å². The monoisotopic (exact) mass is 294 g/mol. The van der Waals surface area contributed by atoms with Gasteiger partial charge in [0.2, 0.25) is 5.91 Å². The Kier molecular flexibility index (Phi) is 4.20. The molecule has 3 N–H and O–H groups in total. The van der Waals surface area contributed by atoms with E-state index in [9.17, 15) is 4.79 Å². The summed E-state index contributed by atoms with van der Waals surface area (Å²) in [6, 6.07) is 0.262. The van der Waals surface area contributed by atoms with Crippen molar-refractivity contribution >= 4 is 5.91 Å². The summed E-state index contributed by atoms with van der Waals surface area (Å²) in [6.45, 7) is 13.5. The third kappa shape index (κ3) is 3.44. The van der Waals surface area contributed by atoms with E-state index in [1.54, 1.807) is 0 Å². The van der Waals surface area contributed by atoms with Gasteiger partial charge in [-0.05, 0) is 47.8 Å². The number of hydrogen-bond acceptors (Lipinski definition) is 2. The highest BCUT2D eigenvalue weighted by atomic mass is 16.1. The molecule has 0 heterocycles. The molecule has 0 aromatic heterocycles. The fraction of sp³-hybridized carbons (Fsp3) is 0.944. The molecule has 1 amide bonds. The van der Waals surface area contributed by atoms with Crippen molar-refractivity contribution in [3.05, 3.63) is 0 Å². The normalized spacial score (nSPS) is 35.8. The number of nitrogens with two attached hydrogens (primary N) is 1. The molecule has 0 saturated heterocycles. The molecule has 0 aliphatic heterocycles. The first-order valence-electron chi connectivity index (χ1n) is 8.49. The topological polar surface area (TPSA) is 55.1 Å². The van der Waals surface area contributed by atoms with Crippen LogP contribution < -0.4 is 11.1 Å². The second-order valence-electron chi connectivity index (χ2n) is 9.64. The molecule has 2 rings (SSSR count). The first-order chi connectivity index (χ1) is 9.44. The molecule has 4 unspecified atom stereocenters. The molecule has 2 saturated carbocycles. The minimum Gasteiger partial charge on any atom is -0.352 e. The standard InChI is InChI=1S/C18H34N2O/c1-16(2,3)11-13(19)9-14(21)20-15-17(4,5)12-7-8-18(15,6)10-12/h12-13,15H,7-11,19H2,1-6H3,(H,20,21). The molecule has 0 aromatic carbocycles. The van der Waals surface area contributed by atoms with Gasteiger partial charge in [0.25, 0.3) is 0 Å². The van der Waals surface area contributed by atoms with E-state index in [1.807, 2.05) is 0 Å². The molecular weight excluding hydrogens is 260 g/mol. The van der Waals surface area contributed by atoms with E-state index in [2.05, 4.69) is 46.9 Å². The number of nitrogens with one attached hydrogen (secondary N) is 1. The Balaban J connectivity index is 1.94. The van der Waals surface area contributed by atoms with Crippen molar-refractivity contribution in [3.63, 3.8) is 0 Å². The Morgan fingerprint density at radius 2 is 1.95 bits per heavy atom. The van der Waals surface area contributed by atoms with E-state index in [0.29, 0.717) is 12.5 Å². The Morgan fingerprint density at radius 1 is 1.33 bits per heavy atom. The van der Waals surface area contributed by atoms with Crippen LogP contribution in [0.2, 0.25) is 0 Å². The Bertz CT molecular complexity index is 405. The van der Waals surface area contributed by atoms with E-state index in [-0.39, 0.29) is 28.2 Å². The third-order valence-corrected chi connectivity index (χ3v) is 5.90. The molecule has 2 bridgehead atoms. The van der Waals surface area contributed by atoms with Crippen LogP contribution in [0.25, 0.3) is 0 Å². The van der Waals surface area contributed by atoms with Crippen LogP contribution in [-0.4, -0.2) is 18.0 Å². The number of amides is 1.